The van der Waals surface area contributed by atoms with Crippen LogP contribution in [0.2, 0.25) is 0 Å². The lowest BCUT2D eigenvalue weighted by Gasteiger charge is -2.54. The minimum atomic E-state index is -1.45. The summed E-state index contributed by atoms with van der Waals surface area (Å²) in [6.07, 6.45) is 10.3. The van der Waals surface area contributed by atoms with Gasteiger partial charge in [0.1, 0.15) is 5.60 Å². The molecule has 5 nitrogen and oxygen atoms in total. The number of hydrogen-bond donors (Lipinski definition) is 1. The Hall–Kier alpha value is -1.75. The Morgan fingerprint density at radius 1 is 1.20 bits per heavy atom. The van der Waals surface area contributed by atoms with E-state index in [1.807, 2.05) is 19.9 Å². The van der Waals surface area contributed by atoms with Crippen molar-refractivity contribution < 1.29 is 24.2 Å². The highest BCUT2D eigenvalue weighted by molar-refractivity contribution is 5.92. The van der Waals surface area contributed by atoms with Crippen LogP contribution in [-0.2, 0) is 19.1 Å². The van der Waals surface area contributed by atoms with Gasteiger partial charge < -0.3 is 9.84 Å². The van der Waals surface area contributed by atoms with Gasteiger partial charge in [-0.3, -0.25) is 14.4 Å². The Kier molecular flexibility index (Phi) is 5.32. The maximum absolute atomic E-state index is 13.0. The number of esters is 1. The molecule has 30 heavy (non-hydrogen) atoms. The molecule has 5 atom stereocenters. The minimum Gasteiger partial charge on any atom is -0.458 e. The van der Waals surface area contributed by atoms with Gasteiger partial charge in [-0.05, 0) is 62.9 Å². The summed E-state index contributed by atoms with van der Waals surface area (Å²) in [4.78, 5) is 36.7. The molecule has 0 spiro atoms. The topological polar surface area (TPSA) is 80.7 Å². The van der Waals surface area contributed by atoms with Gasteiger partial charge in [-0.2, -0.15) is 0 Å². The van der Waals surface area contributed by atoms with Crippen molar-refractivity contribution in [2.75, 3.05) is 6.61 Å². The standard InChI is InChI=1S/C25H34O5/c1-4-5-22(28)30-15-21(27)25(29)13-10-20-18-7-6-16-14-17(26)8-11-23(16,2)19(18)9-12-24(20,25)3/h9,14,18,20,29H,4-8,10-13,15H2,1-3H3/t18-,20+,23+,24+,25+/m1/s1. The maximum Gasteiger partial charge on any atom is 0.306 e. The van der Waals surface area contributed by atoms with E-state index in [0.29, 0.717) is 31.6 Å². The van der Waals surface area contributed by atoms with Crippen molar-refractivity contribution in [3.8, 4) is 0 Å². The molecule has 164 valence electrons. The van der Waals surface area contributed by atoms with Crippen LogP contribution in [0.5, 0.6) is 0 Å². The van der Waals surface area contributed by atoms with Crippen LogP contribution in [0, 0.1) is 22.7 Å². The van der Waals surface area contributed by atoms with Crippen LogP contribution in [0.3, 0.4) is 0 Å². The largest absolute Gasteiger partial charge is 0.458 e. The Morgan fingerprint density at radius 2 is 1.97 bits per heavy atom. The smallest absolute Gasteiger partial charge is 0.306 e. The van der Waals surface area contributed by atoms with E-state index in [2.05, 4.69) is 13.0 Å². The van der Waals surface area contributed by atoms with Gasteiger partial charge in [-0.1, -0.05) is 38.0 Å². The molecule has 0 aromatic heterocycles. The predicted molar refractivity (Wildman–Crippen MR) is 113 cm³/mol. The van der Waals surface area contributed by atoms with Crippen molar-refractivity contribution in [2.24, 2.45) is 22.7 Å². The van der Waals surface area contributed by atoms with Crippen molar-refractivity contribution in [1.82, 2.24) is 0 Å². The zero-order valence-corrected chi connectivity index (χ0v) is 18.5. The second-order valence-electron chi connectivity index (χ2n) is 10.2. The minimum absolute atomic E-state index is 0.0570. The van der Waals surface area contributed by atoms with Gasteiger partial charge >= 0.3 is 5.97 Å². The van der Waals surface area contributed by atoms with Crippen LogP contribution in [0.25, 0.3) is 0 Å². The summed E-state index contributed by atoms with van der Waals surface area (Å²) in [6.45, 7) is 5.86. The van der Waals surface area contributed by atoms with Crippen LogP contribution >= 0.6 is 0 Å². The van der Waals surface area contributed by atoms with E-state index < -0.39 is 11.0 Å². The zero-order valence-electron chi connectivity index (χ0n) is 18.5. The van der Waals surface area contributed by atoms with E-state index in [0.717, 1.165) is 25.7 Å². The van der Waals surface area contributed by atoms with Crippen molar-refractivity contribution in [3.05, 3.63) is 23.3 Å². The summed E-state index contributed by atoms with van der Waals surface area (Å²) in [5.74, 6) is 0.0593. The second-order valence-corrected chi connectivity index (χ2v) is 10.2. The summed E-state index contributed by atoms with van der Waals surface area (Å²) in [7, 11) is 0. The highest BCUT2D eigenvalue weighted by Crippen LogP contribution is 2.65. The van der Waals surface area contributed by atoms with E-state index >= 15 is 0 Å². The fourth-order valence-corrected chi connectivity index (χ4v) is 6.87. The molecule has 0 unspecified atom stereocenters. The molecule has 0 bridgehead atoms. The molecule has 5 heteroatoms. The Bertz CT molecular complexity index is 838. The second kappa shape index (κ2) is 7.44. The van der Waals surface area contributed by atoms with E-state index in [-0.39, 0.29) is 41.9 Å². The molecule has 0 radical (unpaired) electrons. The van der Waals surface area contributed by atoms with Crippen molar-refractivity contribution in [1.29, 1.82) is 0 Å². The third-order valence-electron chi connectivity index (χ3n) is 8.77. The lowest BCUT2D eigenvalue weighted by atomic mass is 9.50. The summed E-state index contributed by atoms with van der Waals surface area (Å²) in [6, 6.07) is 0. The lowest BCUT2D eigenvalue weighted by molar-refractivity contribution is -0.163. The van der Waals surface area contributed by atoms with Crippen LogP contribution in [0.1, 0.15) is 78.6 Å². The predicted octanol–water partition coefficient (Wildman–Crippen LogP) is 4.08. The van der Waals surface area contributed by atoms with Crippen LogP contribution < -0.4 is 0 Å². The number of ketones is 2. The number of ether oxygens (including phenoxy) is 1. The van der Waals surface area contributed by atoms with Gasteiger partial charge in [-0.15, -0.1) is 0 Å². The molecule has 0 aromatic rings. The third-order valence-corrected chi connectivity index (χ3v) is 8.77. The van der Waals surface area contributed by atoms with Crippen molar-refractivity contribution in [2.45, 2.75) is 84.2 Å². The number of Topliss-reactive ketones (excluding diaryl/α,β-unsaturated/α-hetero) is 1. The van der Waals surface area contributed by atoms with Gasteiger partial charge in [0.2, 0.25) is 5.78 Å². The fourth-order valence-electron chi connectivity index (χ4n) is 6.87. The normalized spacial score (nSPS) is 39.9. The molecule has 0 saturated heterocycles. The molecule has 2 fully saturated rings. The fraction of sp³-hybridized carbons (Fsp3) is 0.720. The molecule has 4 rings (SSSR count). The monoisotopic (exact) mass is 414 g/mol. The van der Waals surface area contributed by atoms with E-state index in [1.165, 1.54) is 11.1 Å². The number of hydrogen-bond acceptors (Lipinski definition) is 5. The van der Waals surface area contributed by atoms with Gasteiger partial charge in [-0.25, -0.2) is 0 Å². The molecule has 0 heterocycles. The first-order valence-electron chi connectivity index (χ1n) is 11.5. The number of rotatable bonds is 5. The van der Waals surface area contributed by atoms with Crippen LogP contribution in [0.4, 0.5) is 0 Å². The molecule has 0 aromatic carbocycles. The molecular formula is C25H34O5. The highest BCUT2D eigenvalue weighted by atomic mass is 16.5. The summed E-state index contributed by atoms with van der Waals surface area (Å²) in [5.41, 5.74) is 0.625. The SMILES string of the molecule is CCCC(=O)OCC(=O)[C@@]1(O)CC[C@H]2[C@@H]3CCC4=CC(=O)CC[C@]4(C)C3=CC[C@@]21C. The molecular weight excluding hydrogens is 380 g/mol. The molecule has 0 aliphatic heterocycles. The van der Waals surface area contributed by atoms with E-state index in [1.54, 1.807) is 0 Å². The third kappa shape index (κ3) is 3.04. The summed E-state index contributed by atoms with van der Waals surface area (Å²) >= 11 is 0. The van der Waals surface area contributed by atoms with Crippen LogP contribution in [0.15, 0.2) is 23.3 Å². The van der Waals surface area contributed by atoms with Gasteiger partial charge in [0, 0.05) is 23.7 Å². The van der Waals surface area contributed by atoms with Gasteiger partial charge in [0.15, 0.2) is 12.4 Å². The molecule has 4 aliphatic rings. The van der Waals surface area contributed by atoms with Crippen LogP contribution in [-0.4, -0.2) is 34.9 Å². The van der Waals surface area contributed by atoms with Gasteiger partial charge in [0.25, 0.3) is 0 Å². The molecule has 1 N–H and O–H groups in total. The van der Waals surface area contributed by atoms with Gasteiger partial charge in [0.05, 0.1) is 0 Å². The quantitative estimate of drug-likeness (QED) is 0.541. The maximum atomic E-state index is 13.0. The lowest BCUT2D eigenvalue weighted by Crippen LogP contribution is -2.55. The van der Waals surface area contributed by atoms with Crippen molar-refractivity contribution in [3.63, 3.8) is 0 Å². The molecule has 4 aliphatic carbocycles. The Balaban J connectivity index is 1.59. The first-order valence-corrected chi connectivity index (χ1v) is 11.5. The first-order chi connectivity index (χ1) is 14.2. The summed E-state index contributed by atoms with van der Waals surface area (Å²) in [5, 5.41) is 11.6. The molecule has 2 saturated carbocycles. The number of carbonyl (C=O) groups excluding carboxylic acids is 3. The summed E-state index contributed by atoms with van der Waals surface area (Å²) < 4.78 is 5.15. The number of aliphatic hydroxyl groups is 1. The average Bonchev–Trinajstić information content (AvgIpc) is 2.99. The van der Waals surface area contributed by atoms with E-state index in [4.69, 9.17) is 4.74 Å². The number of carbonyl (C=O) groups is 3. The number of allylic oxidation sites excluding steroid dienone is 4. The Morgan fingerprint density at radius 3 is 2.70 bits per heavy atom. The first kappa shape index (κ1) is 21.5. The van der Waals surface area contributed by atoms with Crippen molar-refractivity contribution >= 4 is 17.5 Å². The highest BCUT2D eigenvalue weighted by Gasteiger charge is 2.64. The Labute approximate surface area is 178 Å². The number of fused-ring (bicyclic) bond motifs is 5. The average molecular weight is 415 g/mol. The zero-order chi connectivity index (χ0) is 21.7. The molecule has 0 amide bonds. The van der Waals surface area contributed by atoms with E-state index in [9.17, 15) is 19.5 Å².